The molecule has 3 aromatic rings. The van der Waals surface area contributed by atoms with Gasteiger partial charge in [0.05, 0.1) is 11.3 Å². The molecule has 0 saturated carbocycles. The van der Waals surface area contributed by atoms with Crippen LogP contribution in [-0.4, -0.2) is 31.4 Å². The fraction of sp³-hybridized carbons (Fsp3) is 0.250. The minimum Gasteiger partial charge on any atom is -0.481 e. The average molecular weight is 455 g/mol. The molecule has 0 aliphatic carbocycles. The van der Waals surface area contributed by atoms with E-state index in [2.05, 4.69) is 10.0 Å². The Morgan fingerprint density at radius 3 is 2.31 bits per heavy atom. The number of carbonyl (C=O) groups is 2. The molecular formula is C24H26N2O5S. The molecule has 1 amide bonds. The van der Waals surface area contributed by atoms with Crippen molar-refractivity contribution in [1.82, 2.24) is 4.72 Å². The third-order valence-electron chi connectivity index (χ3n) is 5.07. The Bertz CT molecular complexity index is 1210. The van der Waals surface area contributed by atoms with E-state index in [9.17, 15) is 18.0 Å². The molecule has 1 unspecified atom stereocenters. The molecule has 168 valence electrons. The van der Waals surface area contributed by atoms with Crippen LogP contribution < -0.4 is 10.0 Å². The van der Waals surface area contributed by atoms with Crippen LogP contribution >= 0.6 is 0 Å². The normalized spacial score (nSPS) is 12.4. The summed E-state index contributed by atoms with van der Waals surface area (Å²) >= 11 is 0. The number of fused-ring (bicyclic) bond motifs is 1. The van der Waals surface area contributed by atoms with Crippen LogP contribution in [0.2, 0.25) is 0 Å². The maximum atomic E-state index is 13.0. The van der Waals surface area contributed by atoms with Crippen molar-refractivity contribution in [2.45, 2.75) is 43.5 Å². The first-order chi connectivity index (χ1) is 15.3. The van der Waals surface area contributed by atoms with Crippen LogP contribution in [0.3, 0.4) is 0 Å². The molecule has 0 aliphatic rings. The van der Waals surface area contributed by atoms with E-state index in [4.69, 9.17) is 5.11 Å². The van der Waals surface area contributed by atoms with Crippen LogP contribution in [0.1, 0.15) is 31.7 Å². The molecule has 3 N–H and O–H groups in total. The average Bonchev–Trinajstić information content (AvgIpc) is 2.77. The Morgan fingerprint density at radius 2 is 1.66 bits per heavy atom. The molecule has 0 heterocycles. The molecule has 0 aromatic heterocycles. The molecule has 1 atom stereocenters. The monoisotopic (exact) mass is 454 g/mol. The fourth-order valence-corrected chi connectivity index (χ4v) is 4.62. The van der Waals surface area contributed by atoms with Gasteiger partial charge in [0.2, 0.25) is 15.9 Å². The van der Waals surface area contributed by atoms with Crippen LogP contribution in [0.25, 0.3) is 10.8 Å². The lowest BCUT2D eigenvalue weighted by atomic mass is 10.1. The molecule has 0 aliphatic heterocycles. The van der Waals surface area contributed by atoms with Crippen LogP contribution in [0, 0.1) is 0 Å². The minimum absolute atomic E-state index is 0.100. The molecule has 32 heavy (non-hydrogen) atoms. The number of hydrogen-bond acceptors (Lipinski definition) is 4. The van der Waals surface area contributed by atoms with Gasteiger partial charge in [0.25, 0.3) is 0 Å². The van der Waals surface area contributed by atoms with E-state index in [0.717, 1.165) is 17.2 Å². The molecule has 7 nitrogen and oxygen atoms in total. The number of carboxylic acid groups (broad SMARTS) is 1. The van der Waals surface area contributed by atoms with Gasteiger partial charge >= 0.3 is 5.97 Å². The molecule has 0 saturated heterocycles. The Morgan fingerprint density at radius 1 is 0.969 bits per heavy atom. The maximum absolute atomic E-state index is 13.0. The summed E-state index contributed by atoms with van der Waals surface area (Å²) in [5, 5.41) is 13.3. The van der Waals surface area contributed by atoms with Crippen LogP contribution in [-0.2, 0) is 26.0 Å². The highest BCUT2D eigenvalue weighted by atomic mass is 32.2. The zero-order chi connectivity index (χ0) is 23.1. The van der Waals surface area contributed by atoms with Gasteiger partial charge in [0.1, 0.15) is 6.04 Å². The molecule has 0 radical (unpaired) electrons. The number of unbranched alkanes of at least 4 members (excludes halogenated alkanes) is 1. The van der Waals surface area contributed by atoms with E-state index in [-0.39, 0.29) is 11.3 Å². The van der Waals surface area contributed by atoms with Gasteiger partial charge in [-0.25, -0.2) is 8.42 Å². The standard InChI is InChI=1S/C24H26N2O5S/c1-2-3-8-22(24(29)25-20-12-9-17(10-13-20)15-23(27)28)26-32(30,31)21-14-11-18-6-4-5-7-19(18)16-21/h4-7,9-14,16,22,26H,2-3,8,15H2,1H3,(H,25,29)(H,27,28). The van der Waals surface area contributed by atoms with Crippen molar-refractivity contribution >= 4 is 38.4 Å². The van der Waals surface area contributed by atoms with E-state index >= 15 is 0 Å². The van der Waals surface area contributed by atoms with Gasteiger partial charge in [0, 0.05) is 5.69 Å². The van der Waals surface area contributed by atoms with Crippen molar-refractivity contribution in [3.63, 3.8) is 0 Å². The number of sulfonamides is 1. The van der Waals surface area contributed by atoms with E-state index in [1.807, 2.05) is 31.2 Å². The number of anilines is 1. The van der Waals surface area contributed by atoms with Gasteiger partial charge < -0.3 is 10.4 Å². The number of benzene rings is 3. The smallest absolute Gasteiger partial charge is 0.307 e. The quantitative estimate of drug-likeness (QED) is 0.429. The van der Waals surface area contributed by atoms with Gasteiger partial charge in [0.15, 0.2) is 0 Å². The van der Waals surface area contributed by atoms with Crippen LogP contribution in [0.15, 0.2) is 71.6 Å². The highest BCUT2D eigenvalue weighted by Crippen LogP contribution is 2.20. The number of amides is 1. The van der Waals surface area contributed by atoms with Crippen molar-refractivity contribution in [3.05, 3.63) is 72.3 Å². The van der Waals surface area contributed by atoms with E-state index in [0.29, 0.717) is 24.1 Å². The molecular weight excluding hydrogens is 428 g/mol. The number of rotatable bonds is 10. The number of carboxylic acids is 1. The first-order valence-corrected chi connectivity index (χ1v) is 11.9. The second-order valence-electron chi connectivity index (χ2n) is 7.58. The molecule has 0 fully saturated rings. The van der Waals surface area contributed by atoms with Gasteiger partial charge in [-0.05, 0) is 47.0 Å². The van der Waals surface area contributed by atoms with Gasteiger partial charge in [-0.15, -0.1) is 0 Å². The molecule has 8 heteroatoms. The summed E-state index contributed by atoms with van der Waals surface area (Å²) in [4.78, 5) is 23.8. The van der Waals surface area contributed by atoms with Crippen molar-refractivity contribution in [2.75, 3.05) is 5.32 Å². The lowest BCUT2D eigenvalue weighted by molar-refractivity contribution is -0.136. The lowest BCUT2D eigenvalue weighted by Gasteiger charge is -2.19. The second kappa shape index (κ2) is 10.4. The molecule has 0 spiro atoms. The summed E-state index contributed by atoms with van der Waals surface area (Å²) in [6.45, 7) is 1.97. The third-order valence-corrected chi connectivity index (χ3v) is 6.54. The van der Waals surface area contributed by atoms with Gasteiger partial charge in [-0.2, -0.15) is 4.72 Å². The number of carbonyl (C=O) groups excluding carboxylic acids is 1. The molecule has 3 aromatic carbocycles. The molecule has 3 rings (SSSR count). The summed E-state index contributed by atoms with van der Waals surface area (Å²) < 4.78 is 28.6. The van der Waals surface area contributed by atoms with E-state index in [1.165, 1.54) is 6.07 Å². The summed E-state index contributed by atoms with van der Waals surface area (Å²) in [7, 11) is -3.91. The third kappa shape index (κ3) is 6.15. The fourth-order valence-electron chi connectivity index (χ4n) is 3.35. The van der Waals surface area contributed by atoms with Gasteiger partial charge in [-0.3, -0.25) is 9.59 Å². The highest BCUT2D eigenvalue weighted by molar-refractivity contribution is 7.89. The van der Waals surface area contributed by atoms with Crippen LogP contribution in [0.5, 0.6) is 0 Å². The maximum Gasteiger partial charge on any atom is 0.307 e. The predicted octanol–water partition coefficient (Wildman–Crippen LogP) is 3.94. The predicted molar refractivity (Wildman–Crippen MR) is 124 cm³/mol. The summed E-state index contributed by atoms with van der Waals surface area (Å²) in [5.41, 5.74) is 1.07. The first-order valence-electron chi connectivity index (χ1n) is 10.4. The van der Waals surface area contributed by atoms with Gasteiger partial charge in [-0.1, -0.05) is 62.2 Å². The Kier molecular flexibility index (Phi) is 7.61. The number of nitrogens with one attached hydrogen (secondary N) is 2. The van der Waals surface area contributed by atoms with Crippen molar-refractivity contribution < 1.29 is 23.1 Å². The summed E-state index contributed by atoms with van der Waals surface area (Å²) in [6, 6.07) is 17.8. The zero-order valence-corrected chi connectivity index (χ0v) is 18.6. The zero-order valence-electron chi connectivity index (χ0n) is 17.7. The van der Waals surface area contributed by atoms with Crippen molar-refractivity contribution in [1.29, 1.82) is 0 Å². The summed E-state index contributed by atoms with van der Waals surface area (Å²) in [6.07, 6.45) is 1.73. The lowest BCUT2D eigenvalue weighted by Crippen LogP contribution is -2.43. The van der Waals surface area contributed by atoms with Crippen molar-refractivity contribution in [3.8, 4) is 0 Å². The first kappa shape index (κ1) is 23.4. The number of hydrogen-bond donors (Lipinski definition) is 3. The molecule has 0 bridgehead atoms. The highest BCUT2D eigenvalue weighted by Gasteiger charge is 2.25. The van der Waals surface area contributed by atoms with Crippen molar-refractivity contribution in [2.24, 2.45) is 0 Å². The van der Waals surface area contributed by atoms with Crippen LogP contribution in [0.4, 0.5) is 5.69 Å². The second-order valence-corrected chi connectivity index (χ2v) is 9.30. The SMILES string of the molecule is CCCCC(NS(=O)(=O)c1ccc2ccccc2c1)C(=O)Nc1ccc(CC(=O)O)cc1. The Hall–Kier alpha value is -3.23. The summed E-state index contributed by atoms with van der Waals surface area (Å²) in [5.74, 6) is -1.40. The Balaban J connectivity index is 1.76. The van der Waals surface area contributed by atoms with E-state index in [1.54, 1.807) is 36.4 Å². The topological polar surface area (TPSA) is 113 Å². The number of aliphatic carboxylic acids is 1. The largest absolute Gasteiger partial charge is 0.481 e. The van der Waals surface area contributed by atoms with E-state index < -0.39 is 27.9 Å². The Labute approximate surface area is 187 Å². The minimum atomic E-state index is -3.91.